The Labute approximate surface area is 125 Å². The van der Waals surface area contributed by atoms with Crippen LogP contribution in [0, 0.1) is 0 Å². The topological polar surface area (TPSA) is 46.3 Å². The molecular weight excluding hydrogens is 260 g/mol. The number of anilines is 1. The molecule has 3 heteroatoms. The largest absolute Gasteiger partial charge is 0.318 e. The first kappa shape index (κ1) is 13.8. The van der Waals surface area contributed by atoms with Gasteiger partial charge in [-0.3, -0.25) is 4.79 Å². The van der Waals surface area contributed by atoms with E-state index in [9.17, 15) is 4.79 Å². The Morgan fingerprint density at radius 1 is 1.10 bits per heavy atom. The van der Waals surface area contributed by atoms with Gasteiger partial charge in [0.2, 0.25) is 5.91 Å². The zero-order chi connectivity index (χ0) is 15.0. The number of amides is 1. The second kappa shape index (κ2) is 5.01. The maximum absolute atomic E-state index is 12.6. The Morgan fingerprint density at radius 3 is 2.38 bits per heavy atom. The first-order valence-electron chi connectivity index (χ1n) is 7.23. The summed E-state index contributed by atoms with van der Waals surface area (Å²) in [4.78, 5) is 14.4. The molecule has 2 N–H and O–H groups in total. The third-order valence-corrected chi connectivity index (χ3v) is 3.97. The Hall–Kier alpha value is -2.13. The van der Waals surface area contributed by atoms with Crippen LogP contribution in [-0.4, -0.2) is 18.0 Å². The highest BCUT2D eigenvalue weighted by atomic mass is 16.2. The number of rotatable bonds is 2. The fourth-order valence-corrected chi connectivity index (χ4v) is 2.92. The zero-order valence-electron chi connectivity index (χ0n) is 12.4. The molecule has 0 fully saturated rings. The van der Waals surface area contributed by atoms with Crippen LogP contribution in [0.1, 0.15) is 30.9 Å². The van der Waals surface area contributed by atoms with Crippen LogP contribution >= 0.6 is 0 Å². The van der Waals surface area contributed by atoms with Crippen LogP contribution in [-0.2, 0) is 4.79 Å². The summed E-state index contributed by atoms with van der Waals surface area (Å²) in [7, 11) is 0. The van der Waals surface area contributed by atoms with Crippen molar-refractivity contribution in [3.05, 3.63) is 65.7 Å². The summed E-state index contributed by atoms with van der Waals surface area (Å²) in [6.45, 7) is 4.17. The monoisotopic (exact) mass is 280 g/mol. The number of carbonyl (C=O) groups excluding carboxylic acids is 1. The molecule has 1 amide bonds. The quantitative estimate of drug-likeness (QED) is 0.919. The van der Waals surface area contributed by atoms with Crippen LogP contribution in [0.25, 0.3) is 0 Å². The minimum Gasteiger partial charge on any atom is -0.318 e. The van der Waals surface area contributed by atoms with E-state index in [4.69, 9.17) is 5.73 Å². The Kier molecular flexibility index (Phi) is 3.30. The fraction of sp³-hybridized carbons (Fsp3) is 0.278. The van der Waals surface area contributed by atoms with Crippen molar-refractivity contribution >= 4 is 11.6 Å². The summed E-state index contributed by atoms with van der Waals surface area (Å²) >= 11 is 0. The van der Waals surface area contributed by atoms with Gasteiger partial charge >= 0.3 is 0 Å². The summed E-state index contributed by atoms with van der Waals surface area (Å²) in [5.41, 5.74) is 8.56. The van der Waals surface area contributed by atoms with Gasteiger partial charge in [0.15, 0.2) is 0 Å². The van der Waals surface area contributed by atoms with Gasteiger partial charge < -0.3 is 10.6 Å². The first-order valence-corrected chi connectivity index (χ1v) is 7.23. The number of carbonyl (C=O) groups is 1. The van der Waals surface area contributed by atoms with Crippen molar-refractivity contribution in [2.75, 3.05) is 11.4 Å². The molecule has 1 aliphatic heterocycles. The molecule has 0 saturated carbocycles. The molecule has 0 radical (unpaired) electrons. The molecule has 0 spiro atoms. The normalized spacial score (nSPS) is 17.7. The molecule has 2 aromatic carbocycles. The van der Waals surface area contributed by atoms with E-state index >= 15 is 0 Å². The lowest BCUT2D eigenvalue weighted by Gasteiger charge is -2.26. The minimum atomic E-state index is -0.862. The maximum atomic E-state index is 12.6. The van der Waals surface area contributed by atoms with Crippen LogP contribution in [0.15, 0.2) is 54.6 Å². The second-order valence-electron chi connectivity index (χ2n) is 6.16. The minimum absolute atomic E-state index is 0.0339. The van der Waals surface area contributed by atoms with Crippen LogP contribution in [0.4, 0.5) is 5.69 Å². The molecule has 1 atom stereocenters. The Bertz CT molecular complexity index is 658. The van der Waals surface area contributed by atoms with Crippen LogP contribution in [0.5, 0.6) is 0 Å². The van der Waals surface area contributed by atoms with Crippen molar-refractivity contribution in [1.82, 2.24) is 0 Å². The van der Waals surface area contributed by atoms with Gasteiger partial charge in [0.25, 0.3) is 0 Å². The number of fused-ring (bicyclic) bond motifs is 1. The molecule has 1 heterocycles. The molecule has 1 unspecified atom stereocenters. The van der Waals surface area contributed by atoms with Crippen LogP contribution in [0.3, 0.4) is 0 Å². The van der Waals surface area contributed by atoms with Crippen molar-refractivity contribution in [3.63, 3.8) is 0 Å². The van der Waals surface area contributed by atoms with Crippen LogP contribution < -0.4 is 10.6 Å². The SMILES string of the molecule is CC(C)(N)C(=O)N1CC(c2ccccc2)c2ccccc21. The summed E-state index contributed by atoms with van der Waals surface area (Å²) in [6.07, 6.45) is 0. The first-order chi connectivity index (χ1) is 9.98. The third kappa shape index (κ3) is 2.45. The van der Waals surface area contributed by atoms with Gasteiger partial charge in [-0.2, -0.15) is 0 Å². The van der Waals surface area contributed by atoms with E-state index in [1.165, 1.54) is 11.1 Å². The maximum Gasteiger partial charge on any atom is 0.246 e. The van der Waals surface area contributed by atoms with Gasteiger partial charge in [0.1, 0.15) is 0 Å². The van der Waals surface area contributed by atoms with E-state index in [1.807, 2.05) is 41.3 Å². The molecule has 0 aromatic heterocycles. The lowest BCUT2D eigenvalue weighted by Crippen LogP contribution is -2.51. The van der Waals surface area contributed by atoms with Crippen LogP contribution in [0.2, 0.25) is 0 Å². The predicted octanol–water partition coefficient (Wildman–Crippen LogP) is 2.90. The Morgan fingerprint density at radius 2 is 1.71 bits per heavy atom. The van der Waals surface area contributed by atoms with E-state index in [0.29, 0.717) is 6.54 Å². The number of nitrogens with zero attached hydrogens (tertiary/aromatic N) is 1. The average molecular weight is 280 g/mol. The molecule has 0 saturated heterocycles. The van der Waals surface area contributed by atoms with Gasteiger partial charge in [-0.1, -0.05) is 48.5 Å². The van der Waals surface area contributed by atoms with Gasteiger partial charge in [0.05, 0.1) is 5.54 Å². The van der Waals surface area contributed by atoms with E-state index in [-0.39, 0.29) is 11.8 Å². The summed E-state index contributed by atoms with van der Waals surface area (Å²) in [6, 6.07) is 18.4. The van der Waals surface area contributed by atoms with E-state index in [1.54, 1.807) is 13.8 Å². The van der Waals surface area contributed by atoms with Gasteiger partial charge in [-0.15, -0.1) is 0 Å². The highest BCUT2D eigenvalue weighted by molar-refractivity contribution is 6.01. The van der Waals surface area contributed by atoms with Crippen molar-refractivity contribution in [2.24, 2.45) is 5.73 Å². The standard InChI is InChI=1S/C18H20N2O/c1-18(2,19)17(21)20-12-15(13-8-4-3-5-9-13)14-10-6-7-11-16(14)20/h3-11,15H,12,19H2,1-2H3. The van der Waals surface area contributed by atoms with Crippen molar-refractivity contribution in [1.29, 1.82) is 0 Å². The van der Waals surface area contributed by atoms with E-state index in [2.05, 4.69) is 18.2 Å². The highest BCUT2D eigenvalue weighted by Gasteiger charge is 2.37. The van der Waals surface area contributed by atoms with Crippen molar-refractivity contribution in [3.8, 4) is 0 Å². The highest BCUT2D eigenvalue weighted by Crippen LogP contribution is 2.40. The molecular formula is C18H20N2O. The number of benzene rings is 2. The molecule has 21 heavy (non-hydrogen) atoms. The summed E-state index contributed by atoms with van der Waals surface area (Å²) in [5.74, 6) is 0.182. The smallest absolute Gasteiger partial charge is 0.246 e. The molecule has 0 aliphatic carbocycles. The average Bonchev–Trinajstić information content (AvgIpc) is 2.86. The number of para-hydroxylation sites is 1. The molecule has 0 bridgehead atoms. The molecule has 108 valence electrons. The number of nitrogens with two attached hydrogens (primary N) is 1. The van der Waals surface area contributed by atoms with E-state index < -0.39 is 5.54 Å². The predicted molar refractivity (Wildman–Crippen MR) is 85.3 cm³/mol. The van der Waals surface area contributed by atoms with Gasteiger partial charge in [-0.05, 0) is 31.0 Å². The fourth-order valence-electron chi connectivity index (χ4n) is 2.92. The van der Waals surface area contributed by atoms with E-state index in [0.717, 1.165) is 5.69 Å². The lowest BCUT2D eigenvalue weighted by molar-refractivity contribution is -0.122. The summed E-state index contributed by atoms with van der Waals surface area (Å²) in [5, 5.41) is 0. The molecule has 1 aliphatic rings. The van der Waals surface area contributed by atoms with Gasteiger partial charge in [0, 0.05) is 18.2 Å². The summed E-state index contributed by atoms with van der Waals surface area (Å²) < 4.78 is 0. The zero-order valence-corrected chi connectivity index (χ0v) is 12.4. The number of hydrogen-bond donors (Lipinski definition) is 1. The number of hydrogen-bond acceptors (Lipinski definition) is 2. The van der Waals surface area contributed by atoms with Crippen molar-refractivity contribution in [2.45, 2.75) is 25.3 Å². The Balaban J connectivity index is 2.03. The molecule has 3 nitrogen and oxygen atoms in total. The second-order valence-corrected chi connectivity index (χ2v) is 6.16. The lowest BCUT2D eigenvalue weighted by atomic mass is 9.93. The molecule has 3 rings (SSSR count). The third-order valence-electron chi connectivity index (χ3n) is 3.97. The van der Waals surface area contributed by atoms with Gasteiger partial charge in [-0.25, -0.2) is 0 Å². The van der Waals surface area contributed by atoms with Crippen molar-refractivity contribution < 1.29 is 4.79 Å². The molecule has 2 aromatic rings.